The van der Waals surface area contributed by atoms with Crippen LogP contribution in [-0.4, -0.2) is 67.5 Å². The lowest BCUT2D eigenvalue weighted by molar-refractivity contribution is 0.0442. The third kappa shape index (κ3) is 6.46. The molecule has 1 heterocycles. The highest BCUT2D eigenvalue weighted by Gasteiger charge is 2.22. The number of ether oxygens (including phenoxy) is 2. The molecule has 1 fully saturated rings. The molecule has 1 aliphatic heterocycles. The van der Waals surface area contributed by atoms with Crippen molar-refractivity contribution in [2.75, 3.05) is 46.4 Å². The van der Waals surface area contributed by atoms with E-state index >= 15 is 0 Å². The van der Waals surface area contributed by atoms with E-state index in [-0.39, 0.29) is 5.41 Å². The van der Waals surface area contributed by atoms with Gasteiger partial charge in [-0.25, -0.2) is 0 Å². The van der Waals surface area contributed by atoms with Gasteiger partial charge in [0.25, 0.3) is 0 Å². The Balaban J connectivity index is 1.46. The minimum Gasteiger partial charge on any atom is -0.497 e. The van der Waals surface area contributed by atoms with E-state index in [2.05, 4.69) is 60.9 Å². The van der Waals surface area contributed by atoms with Crippen LogP contribution in [0.25, 0.3) is 0 Å². The van der Waals surface area contributed by atoms with Crippen LogP contribution in [0, 0.1) is 0 Å². The highest BCUT2D eigenvalue weighted by Crippen LogP contribution is 2.34. The number of piperazine rings is 1. The maximum Gasteiger partial charge on any atom is 0.123 e. The van der Waals surface area contributed by atoms with Crippen LogP contribution in [0.5, 0.6) is 11.5 Å². The molecule has 5 nitrogen and oxygen atoms in total. The van der Waals surface area contributed by atoms with Crippen LogP contribution in [0.1, 0.15) is 31.9 Å². The highest BCUT2D eigenvalue weighted by molar-refractivity contribution is 5.44. The molecule has 1 atom stereocenters. The maximum absolute atomic E-state index is 10.6. The van der Waals surface area contributed by atoms with Gasteiger partial charge in [0.15, 0.2) is 0 Å². The molecule has 1 N–H and O–H groups in total. The lowest BCUT2D eigenvalue weighted by atomic mass is 9.86. The number of aliphatic hydroxyl groups is 1. The molecule has 0 spiro atoms. The van der Waals surface area contributed by atoms with Gasteiger partial charge in [0, 0.05) is 44.8 Å². The number of benzene rings is 2. The topological polar surface area (TPSA) is 45.2 Å². The molecule has 0 aromatic heterocycles. The Kier molecular flexibility index (Phi) is 7.75. The molecule has 30 heavy (non-hydrogen) atoms. The number of aliphatic hydroxyl groups excluding tert-OH is 1. The van der Waals surface area contributed by atoms with Crippen LogP contribution < -0.4 is 9.47 Å². The van der Waals surface area contributed by atoms with Crippen molar-refractivity contribution in [2.24, 2.45) is 0 Å². The Hall–Kier alpha value is -2.08. The molecule has 164 valence electrons. The first-order valence-corrected chi connectivity index (χ1v) is 10.8. The lowest BCUT2D eigenvalue weighted by Gasteiger charge is -2.35. The summed E-state index contributed by atoms with van der Waals surface area (Å²) in [5.74, 6) is 1.64. The third-order valence-corrected chi connectivity index (χ3v) is 5.61. The van der Waals surface area contributed by atoms with E-state index in [1.54, 1.807) is 7.11 Å². The van der Waals surface area contributed by atoms with Crippen molar-refractivity contribution in [3.8, 4) is 11.5 Å². The predicted molar refractivity (Wildman–Crippen MR) is 121 cm³/mol. The van der Waals surface area contributed by atoms with Crippen molar-refractivity contribution in [2.45, 2.75) is 38.8 Å². The van der Waals surface area contributed by atoms with Crippen molar-refractivity contribution >= 4 is 0 Å². The van der Waals surface area contributed by atoms with E-state index in [0.717, 1.165) is 49.8 Å². The van der Waals surface area contributed by atoms with Gasteiger partial charge in [-0.05, 0) is 29.2 Å². The van der Waals surface area contributed by atoms with Crippen molar-refractivity contribution < 1.29 is 14.6 Å². The van der Waals surface area contributed by atoms with Crippen LogP contribution in [0.15, 0.2) is 48.5 Å². The second-order valence-electron chi connectivity index (χ2n) is 9.14. The van der Waals surface area contributed by atoms with Crippen LogP contribution in [-0.2, 0) is 12.0 Å². The number of hydrogen-bond donors (Lipinski definition) is 1. The molecule has 0 aliphatic carbocycles. The van der Waals surface area contributed by atoms with E-state index in [1.807, 2.05) is 18.2 Å². The summed E-state index contributed by atoms with van der Waals surface area (Å²) in [4.78, 5) is 4.80. The van der Waals surface area contributed by atoms with Gasteiger partial charge in [-0.15, -0.1) is 0 Å². The average molecular weight is 413 g/mol. The Bertz CT molecular complexity index is 781. The zero-order chi connectivity index (χ0) is 21.6. The fraction of sp³-hybridized carbons (Fsp3) is 0.520. The number of β-amino-alcohol motifs (C(OH)–C–C–N with tert-alkyl or cyclic N) is 1. The molecule has 0 bridgehead atoms. The number of methoxy groups -OCH3 is 1. The monoisotopic (exact) mass is 412 g/mol. The lowest BCUT2D eigenvalue weighted by Crippen LogP contribution is -2.48. The van der Waals surface area contributed by atoms with Crippen molar-refractivity contribution in [1.29, 1.82) is 0 Å². The maximum atomic E-state index is 10.6. The van der Waals surface area contributed by atoms with E-state index in [1.165, 1.54) is 5.56 Å². The van der Waals surface area contributed by atoms with Gasteiger partial charge in [0.05, 0.1) is 7.11 Å². The summed E-state index contributed by atoms with van der Waals surface area (Å²) in [6.45, 7) is 12.4. The fourth-order valence-corrected chi connectivity index (χ4v) is 3.86. The summed E-state index contributed by atoms with van der Waals surface area (Å²) >= 11 is 0. The van der Waals surface area contributed by atoms with E-state index in [0.29, 0.717) is 13.2 Å². The van der Waals surface area contributed by atoms with Gasteiger partial charge >= 0.3 is 0 Å². The Morgan fingerprint density at radius 2 is 1.63 bits per heavy atom. The normalized spacial score (nSPS) is 17.0. The van der Waals surface area contributed by atoms with Crippen molar-refractivity contribution in [1.82, 2.24) is 9.80 Å². The summed E-state index contributed by atoms with van der Waals surface area (Å²) in [5, 5.41) is 10.6. The minimum atomic E-state index is -0.513. The molecule has 1 saturated heterocycles. The Morgan fingerprint density at radius 1 is 0.967 bits per heavy atom. The molecule has 1 aliphatic rings. The molecule has 5 heteroatoms. The van der Waals surface area contributed by atoms with Gasteiger partial charge in [0.2, 0.25) is 0 Å². The van der Waals surface area contributed by atoms with Gasteiger partial charge in [-0.1, -0.05) is 51.1 Å². The van der Waals surface area contributed by atoms with Crippen molar-refractivity contribution in [3.63, 3.8) is 0 Å². The zero-order valence-corrected chi connectivity index (χ0v) is 18.8. The Labute approximate surface area is 181 Å². The molecule has 2 aromatic carbocycles. The smallest absolute Gasteiger partial charge is 0.123 e. The average Bonchev–Trinajstić information content (AvgIpc) is 2.73. The van der Waals surface area contributed by atoms with Crippen LogP contribution in [0.2, 0.25) is 0 Å². The van der Waals surface area contributed by atoms with Crippen molar-refractivity contribution in [3.05, 3.63) is 59.7 Å². The first-order chi connectivity index (χ1) is 14.3. The van der Waals surface area contributed by atoms with Gasteiger partial charge in [-0.3, -0.25) is 9.80 Å². The van der Waals surface area contributed by atoms with Gasteiger partial charge in [0.1, 0.15) is 24.2 Å². The third-order valence-electron chi connectivity index (χ3n) is 5.61. The number of hydrogen-bond acceptors (Lipinski definition) is 5. The minimum absolute atomic E-state index is 0.0656. The van der Waals surface area contributed by atoms with Gasteiger partial charge < -0.3 is 14.6 Å². The molecule has 1 unspecified atom stereocenters. The first kappa shape index (κ1) is 22.6. The SMILES string of the molecule is COc1ccc(OCC(O)CN2CCN(Cc3ccccc3)CC2)c(C(C)(C)C)c1. The highest BCUT2D eigenvalue weighted by atomic mass is 16.5. The number of nitrogens with zero attached hydrogens (tertiary/aromatic N) is 2. The predicted octanol–water partition coefficient (Wildman–Crippen LogP) is 3.55. The summed E-state index contributed by atoms with van der Waals surface area (Å²) in [6, 6.07) is 16.5. The summed E-state index contributed by atoms with van der Waals surface area (Å²) in [6.07, 6.45) is -0.513. The molecular formula is C25H36N2O3. The van der Waals surface area contributed by atoms with Crippen LogP contribution >= 0.6 is 0 Å². The van der Waals surface area contributed by atoms with E-state index in [9.17, 15) is 5.11 Å². The summed E-state index contributed by atoms with van der Waals surface area (Å²) in [7, 11) is 1.67. The fourth-order valence-electron chi connectivity index (χ4n) is 3.86. The summed E-state index contributed by atoms with van der Waals surface area (Å²) in [5.41, 5.74) is 2.38. The van der Waals surface area contributed by atoms with Gasteiger partial charge in [-0.2, -0.15) is 0 Å². The molecule has 3 rings (SSSR count). The second kappa shape index (κ2) is 10.3. The number of rotatable bonds is 8. The quantitative estimate of drug-likeness (QED) is 0.718. The largest absolute Gasteiger partial charge is 0.497 e. The summed E-state index contributed by atoms with van der Waals surface area (Å²) < 4.78 is 11.4. The molecule has 0 saturated carbocycles. The zero-order valence-electron chi connectivity index (χ0n) is 18.8. The standard InChI is InChI=1S/C25H36N2O3/c1-25(2,3)23-16-22(29-4)10-11-24(23)30-19-21(28)18-27-14-12-26(13-15-27)17-20-8-6-5-7-9-20/h5-11,16,21,28H,12-15,17-19H2,1-4H3. The van der Waals surface area contributed by atoms with E-state index < -0.39 is 6.10 Å². The van der Waals surface area contributed by atoms with Crippen LogP contribution in [0.4, 0.5) is 0 Å². The molecule has 0 radical (unpaired) electrons. The Morgan fingerprint density at radius 3 is 2.27 bits per heavy atom. The first-order valence-electron chi connectivity index (χ1n) is 10.8. The van der Waals surface area contributed by atoms with E-state index in [4.69, 9.17) is 9.47 Å². The van der Waals surface area contributed by atoms with Crippen LogP contribution in [0.3, 0.4) is 0 Å². The molecule has 0 amide bonds. The molecule has 2 aromatic rings. The second-order valence-corrected chi connectivity index (χ2v) is 9.14. The molecular weight excluding hydrogens is 376 g/mol.